The number of hydrogen-bond acceptors (Lipinski definition) is 4. The van der Waals surface area contributed by atoms with E-state index in [1.807, 2.05) is 0 Å². The van der Waals surface area contributed by atoms with Crippen molar-refractivity contribution in [3.05, 3.63) is 80.7 Å². The van der Waals surface area contributed by atoms with Crippen molar-refractivity contribution < 1.29 is 13.6 Å². The molecular formula is C20H17ClF2N4O2. The van der Waals surface area contributed by atoms with Gasteiger partial charge in [0.15, 0.2) is 0 Å². The van der Waals surface area contributed by atoms with Crippen LogP contribution in [-0.4, -0.2) is 15.5 Å². The SMILES string of the molecule is Cc1cc(=O)n(CC(=O)Nc2ccc(Cl)cc2F)c(Nc2ccc(F)c(C)c2)n1. The van der Waals surface area contributed by atoms with Crippen molar-refractivity contribution in [2.24, 2.45) is 0 Å². The summed E-state index contributed by atoms with van der Waals surface area (Å²) in [6, 6.07) is 9.43. The fourth-order valence-electron chi connectivity index (χ4n) is 2.64. The predicted molar refractivity (Wildman–Crippen MR) is 108 cm³/mol. The molecule has 1 amide bonds. The second-order valence-corrected chi connectivity index (χ2v) is 6.84. The van der Waals surface area contributed by atoms with Crippen molar-refractivity contribution in [2.75, 3.05) is 10.6 Å². The lowest BCUT2D eigenvalue weighted by Crippen LogP contribution is -2.30. The van der Waals surface area contributed by atoms with Crippen LogP contribution < -0.4 is 16.2 Å². The van der Waals surface area contributed by atoms with Crippen molar-refractivity contribution in [3.63, 3.8) is 0 Å². The first-order chi connectivity index (χ1) is 13.7. The number of amides is 1. The van der Waals surface area contributed by atoms with Gasteiger partial charge in [0.2, 0.25) is 11.9 Å². The minimum absolute atomic E-state index is 0.0591. The largest absolute Gasteiger partial charge is 0.326 e. The quantitative estimate of drug-likeness (QED) is 0.652. The molecule has 2 N–H and O–H groups in total. The lowest BCUT2D eigenvalue weighted by molar-refractivity contribution is -0.116. The highest BCUT2D eigenvalue weighted by molar-refractivity contribution is 6.30. The molecular weight excluding hydrogens is 402 g/mol. The van der Waals surface area contributed by atoms with Gasteiger partial charge in [-0.3, -0.25) is 14.2 Å². The topological polar surface area (TPSA) is 76.0 Å². The average molecular weight is 419 g/mol. The molecule has 0 bridgehead atoms. The van der Waals surface area contributed by atoms with Crippen LogP contribution in [-0.2, 0) is 11.3 Å². The van der Waals surface area contributed by atoms with Crippen LogP contribution in [0.3, 0.4) is 0 Å². The molecule has 150 valence electrons. The third-order valence-corrected chi connectivity index (χ3v) is 4.29. The summed E-state index contributed by atoms with van der Waals surface area (Å²) in [7, 11) is 0. The third-order valence-electron chi connectivity index (χ3n) is 4.06. The van der Waals surface area contributed by atoms with E-state index < -0.39 is 23.8 Å². The highest BCUT2D eigenvalue weighted by Crippen LogP contribution is 2.20. The van der Waals surface area contributed by atoms with Gasteiger partial charge in [-0.1, -0.05) is 11.6 Å². The highest BCUT2D eigenvalue weighted by Gasteiger charge is 2.14. The average Bonchev–Trinajstić information content (AvgIpc) is 2.63. The van der Waals surface area contributed by atoms with Crippen molar-refractivity contribution in [1.82, 2.24) is 9.55 Å². The number of benzene rings is 2. The molecule has 0 spiro atoms. The molecule has 0 aliphatic rings. The number of nitrogens with zero attached hydrogens (tertiary/aromatic N) is 2. The Morgan fingerprint density at radius 1 is 1.10 bits per heavy atom. The fraction of sp³-hybridized carbons (Fsp3) is 0.150. The molecule has 29 heavy (non-hydrogen) atoms. The molecule has 0 atom stereocenters. The van der Waals surface area contributed by atoms with Gasteiger partial charge in [-0.15, -0.1) is 0 Å². The molecule has 0 saturated carbocycles. The van der Waals surface area contributed by atoms with Gasteiger partial charge in [0.1, 0.15) is 18.2 Å². The van der Waals surface area contributed by atoms with Gasteiger partial charge >= 0.3 is 0 Å². The summed E-state index contributed by atoms with van der Waals surface area (Å²) in [5, 5.41) is 5.52. The van der Waals surface area contributed by atoms with Crippen LogP contribution in [0.2, 0.25) is 5.02 Å². The molecule has 0 saturated heterocycles. The van der Waals surface area contributed by atoms with Gasteiger partial charge in [0.25, 0.3) is 5.56 Å². The Bertz CT molecular complexity index is 1150. The first-order valence-corrected chi connectivity index (χ1v) is 8.97. The summed E-state index contributed by atoms with van der Waals surface area (Å²) >= 11 is 5.70. The number of carbonyl (C=O) groups is 1. The van der Waals surface area contributed by atoms with E-state index in [1.54, 1.807) is 19.9 Å². The number of carbonyl (C=O) groups excluding carboxylic acids is 1. The van der Waals surface area contributed by atoms with Crippen LogP contribution in [0.1, 0.15) is 11.3 Å². The van der Waals surface area contributed by atoms with Gasteiger partial charge in [-0.05, 0) is 55.8 Å². The third kappa shape index (κ3) is 4.97. The van der Waals surface area contributed by atoms with E-state index in [0.717, 1.165) is 10.6 Å². The Balaban J connectivity index is 1.87. The Morgan fingerprint density at radius 2 is 1.86 bits per heavy atom. The normalized spacial score (nSPS) is 10.7. The number of anilines is 3. The lowest BCUT2D eigenvalue weighted by atomic mass is 10.2. The van der Waals surface area contributed by atoms with Gasteiger partial charge in [-0.25, -0.2) is 13.8 Å². The van der Waals surface area contributed by atoms with E-state index in [4.69, 9.17) is 11.6 Å². The minimum atomic E-state index is -0.694. The molecule has 2 aromatic carbocycles. The smallest absolute Gasteiger partial charge is 0.255 e. The number of hydrogen-bond donors (Lipinski definition) is 2. The molecule has 0 aliphatic carbocycles. The number of rotatable bonds is 5. The van der Waals surface area contributed by atoms with E-state index in [2.05, 4.69) is 15.6 Å². The van der Waals surface area contributed by atoms with E-state index in [0.29, 0.717) is 16.9 Å². The first-order valence-electron chi connectivity index (χ1n) is 8.59. The van der Waals surface area contributed by atoms with Gasteiger partial charge in [0.05, 0.1) is 5.69 Å². The lowest BCUT2D eigenvalue weighted by Gasteiger charge is -2.15. The van der Waals surface area contributed by atoms with Crippen molar-refractivity contribution in [1.29, 1.82) is 0 Å². The maximum absolute atomic E-state index is 13.9. The maximum atomic E-state index is 13.9. The van der Waals surface area contributed by atoms with Crippen molar-refractivity contribution in [3.8, 4) is 0 Å². The molecule has 0 unspecified atom stereocenters. The molecule has 1 aromatic heterocycles. The molecule has 0 radical (unpaired) electrons. The Kier molecular flexibility index (Phi) is 5.93. The molecule has 9 heteroatoms. The van der Waals surface area contributed by atoms with Crippen LogP contribution in [0.25, 0.3) is 0 Å². The van der Waals surface area contributed by atoms with E-state index in [9.17, 15) is 18.4 Å². The fourth-order valence-corrected chi connectivity index (χ4v) is 2.80. The standard InChI is InChI=1S/C20H17ClF2N4O2/c1-11-7-14(4-5-15(11)22)25-20-24-12(2)8-19(29)27(20)10-18(28)26-17-6-3-13(21)9-16(17)23/h3-9H,10H2,1-2H3,(H,24,25)(H,26,28). The number of aromatic nitrogens is 2. The van der Waals surface area contributed by atoms with E-state index >= 15 is 0 Å². The number of halogens is 3. The number of nitrogens with one attached hydrogen (secondary N) is 2. The maximum Gasteiger partial charge on any atom is 0.255 e. The van der Waals surface area contributed by atoms with Crippen LogP contribution in [0.4, 0.5) is 26.1 Å². The molecule has 0 fully saturated rings. The summed E-state index contributed by atoms with van der Waals surface area (Å²) in [5.41, 5.74) is 0.824. The van der Waals surface area contributed by atoms with Crippen molar-refractivity contribution in [2.45, 2.75) is 20.4 Å². The van der Waals surface area contributed by atoms with Gasteiger partial charge in [-0.2, -0.15) is 0 Å². The minimum Gasteiger partial charge on any atom is -0.326 e. The van der Waals surface area contributed by atoms with Gasteiger partial charge in [0, 0.05) is 22.5 Å². The summed E-state index contributed by atoms with van der Waals surface area (Å²) in [6.07, 6.45) is 0. The second kappa shape index (κ2) is 8.40. The Hall–Kier alpha value is -3.26. The van der Waals surface area contributed by atoms with Gasteiger partial charge < -0.3 is 10.6 Å². The zero-order valence-electron chi connectivity index (χ0n) is 15.6. The monoisotopic (exact) mass is 418 g/mol. The van der Waals surface area contributed by atoms with Crippen LogP contribution in [0, 0.1) is 25.5 Å². The summed E-state index contributed by atoms with van der Waals surface area (Å²) in [6.45, 7) is 2.83. The Labute approximate surface area is 170 Å². The molecule has 3 rings (SSSR count). The van der Waals surface area contributed by atoms with Crippen molar-refractivity contribution >= 4 is 34.8 Å². The summed E-state index contributed by atoms with van der Waals surface area (Å²) < 4.78 is 28.5. The summed E-state index contributed by atoms with van der Waals surface area (Å²) in [5.74, 6) is -1.58. The van der Waals surface area contributed by atoms with E-state index in [-0.39, 0.29) is 22.5 Å². The second-order valence-electron chi connectivity index (χ2n) is 6.41. The van der Waals surface area contributed by atoms with Crippen LogP contribution in [0.15, 0.2) is 47.3 Å². The highest BCUT2D eigenvalue weighted by atomic mass is 35.5. The van der Waals surface area contributed by atoms with E-state index in [1.165, 1.54) is 30.3 Å². The molecule has 6 nitrogen and oxygen atoms in total. The molecule has 3 aromatic rings. The Morgan fingerprint density at radius 3 is 2.55 bits per heavy atom. The zero-order valence-corrected chi connectivity index (χ0v) is 16.3. The zero-order chi connectivity index (χ0) is 21.1. The van der Waals surface area contributed by atoms with Crippen LogP contribution in [0.5, 0.6) is 0 Å². The predicted octanol–water partition coefficient (Wildman–Crippen LogP) is 4.17. The molecule has 0 aliphatic heterocycles. The summed E-state index contributed by atoms with van der Waals surface area (Å²) in [4.78, 5) is 29.1. The number of aryl methyl sites for hydroxylation is 2. The van der Waals surface area contributed by atoms with Crippen LogP contribution >= 0.6 is 11.6 Å². The first kappa shape index (κ1) is 20.5. The molecule has 1 heterocycles.